The Hall–Kier alpha value is -1.79. The van der Waals surface area contributed by atoms with Gasteiger partial charge in [-0.3, -0.25) is 9.59 Å². The van der Waals surface area contributed by atoms with Crippen LogP contribution in [0.5, 0.6) is 0 Å². The van der Waals surface area contributed by atoms with Crippen molar-refractivity contribution in [1.29, 1.82) is 0 Å². The number of ether oxygens (including phenoxy) is 2. The average molecular weight is 681 g/mol. The molecular weight excluding hydrogens is 612 g/mol. The highest BCUT2D eigenvalue weighted by molar-refractivity contribution is 5.84. The van der Waals surface area contributed by atoms with Crippen molar-refractivity contribution < 1.29 is 23.9 Å². The van der Waals surface area contributed by atoms with E-state index in [0.717, 1.165) is 32.1 Å². The zero-order valence-electron chi connectivity index (χ0n) is 32.7. The molecule has 0 spiro atoms. The van der Waals surface area contributed by atoms with E-state index in [1.165, 1.54) is 44.9 Å². The minimum Gasteiger partial charge on any atom is -0.462 e. The first kappa shape index (κ1) is 35.6. The SMILES string of the molecule is CC(=O)O[C@H]1CC[C@]2(C)[C@H]3CC[C@@H]4[C@H]5[C@H](C6(C)CC6)CC[C@]5(C(=O)N5CCN(C(=O)OC(C)(C)C)CC5)CC[C@@]4(C)[C@]3(C)CC[C@H]2C1(C)C. The summed E-state index contributed by atoms with van der Waals surface area (Å²) in [7, 11) is 0. The fourth-order valence-corrected chi connectivity index (χ4v) is 14.4. The second kappa shape index (κ2) is 11.4. The molecule has 7 nitrogen and oxygen atoms in total. The second-order valence-electron chi connectivity index (χ2n) is 20.9. The number of hydrogen-bond acceptors (Lipinski definition) is 5. The Morgan fingerprint density at radius 2 is 1.31 bits per heavy atom. The van der Waals surface area contributed by atoms with Crippen molar-refractivity contribution in [2.75, 3.05) is 26.2 Å². The van der Waals surface area contributed by atoms with Crippen LogP contribution in [0.15, 0.2) is 0 Å². The molecule has 10 atom stereocenters. The van der Waals surface area contributed by atoms with E-state index in [1.54, 1.807) is 11.8 Å². The van der Waals surface area contributed by atoms with Gasteiger partial charge in [0.05, 0.1) is 5.41 Å². The molecule has 6 saturated carbocycles. The predicted molar refractivity (Wildman–Crippen MR) is 191 cm³/mol. The Morgan fingerprint density at radius 3 is 1.92 bits per heavy atom. The van der Waals surface area contributed by atoms with Crippen LogP contribution in [0.2, 0.25) is 0 Å². The fourth-order valence-electron chi connectivity index (χ4n) is 14.4. The summed E-state index contributed by atoms with van der Waals surface area (Å²) in [5.41, 5.74) is 0.252. The fraction of sp³-hybridized carbons (Fsp3) is 0.929. The Bertz CT molecular complexity index is 1360. The zero-order chi connectivity index (χ0) is 35.6. The maximum absolute atomic E-state index is 15.1. The Balaban J connectivity index is 1.16. The number of piperazine rings is 1. The minimum absolute atomic E-state index is 0.00482. The lowest BCUT2D eigenvalue weighted by molar-refractivity contribution is -0.251. The van der Waals surface area contributed by atoms with Gasteiger partial charge in [0.2, 0.25) is 5.91 Å². The molecule has 0 unspecified atom stereocenters. The highest BCUT2D eigenvalue weighted by Crippen LogP contribution is 2.79. The number of hydrogen-bond donors (Lipinski definition) is 0. The normalized spacial score (nSPS) is 45.3. The zero-order valence-corrected chi connectivity index (χ0v) is 32.7. The van der Waals surface area contributed by atoms with Crippen LogP contribution in [0.4, 0.5) is 4.79 Å². The summed E-state index contributed by atoms with van der Waals surface area (Å²) in [4.78, 5) is 44.0. The van der Waals surface area contributed by atoms with Crippen LogP contribution >= 0.6 is 0 Å². The van der Waals surface area contributed by atoms with Crippen molar-refractivity contribution in [2.24, 2.45) is 62.1 Å². The first-order valence-electron chi connectivity index (χ1n) is 20.2. The average Bonchev–Trinajstić information content (AvgIpc) is 3.62. The van der Waals surface area contributed by atoms with Gasteiger partial charge in [-0.25, -0.2) is 4.79 Å². The van der Waals surface area contributed by atoms with Gasteiger partial charge in [-0.2, -0.15) is 0 Å². The Labute approximate surface area is 297 Å². The van der Waals surface area contributed by atoms with Crippen LogP contribution < -0.4 is 0 Å². The lowest BCUT2D eigenvalue weighted by Gasteiger charge is -2.73. The van der Waals surface area contributed by atoms with Crippen LogP contribution in [-0.4, -0.2) is 65.7 Å². The molecule has 6 aliphatic carbocycles. The molecule has 49 heavy (non-hydrogen) atoms. The molecule has 0 aromatic heterocycles. The van der Waals surface area contributed by atoms with E-state index in [2.05, 4.69) is 46.4 Å². The van der Waals surface area contributed by atoms with Gasteiger partial charge in [0.25, 0.3) is 0 Å². The van der Waals surface area contributed by atoms with Gasteiger partial charge >= 0.3 is 12.1 Å². The van der Waals surface area contributed by atoms with E-state index in [-0.39, 0.29) is 45.2 Å². The topological polar surface area (TPSA) is 76.2 Å². The van der Waals surface area contributed by atoms with E-state index in [4.69, 9.17) is 9.47 Å². The van der Waals surface area contributed by atoms with E-state index in [9.17, 15) is 9.59 Å². The number of nitrogens with zero attached hydrogens (tertiary/aromatic N) is 2. The molecule has 1 heterocycles. The summed E-state index contributed by atoms with van der Waals surface area (Å²) >= 11 is 0. The molecule has 276 valence electrons. The van der Waals surface area contributed by atoms with Crippen molar-refractivity contribution in [3.63, 3.8) is 0 Å². The van der Waals surface area contributed by atoms with E-state index >= 15 is 4.79 Å². The van der Waals surface area contributed by atoms with Crippen LogP contribution in [0, 0.1) is 62.1 Å². The van der Waals surface area contributed by atoms with Crippen molar-refractivity contribution in [3.8, 4) is 0 Å². The van der Waals surface area contributed by atoms with Gasteiger partial charge in [0, 0.05) is 38.5 Å². The highest BCUT2D eigenvalue weighted by Gasteiger charge is 2.73. The van der Waals surface area contributed by atoms with Crippen molar-refractivity contribution in [1.82, 2.24) is 9.80 Å². The Kier molecular flexibility index (Phi) is 8.25. The first-order valence-corrected chi connectivity index (χ1v) is 20.2. The van der Waals surface area contributed by atoms with E-state index < -0.39 is 5.60 Å². The monoisotopic (exact) mass is 681 g/mol. The second-order valence-corrected chi connectivity index (χ2v) is 20.9. The molecule has 0 N–H and O–H groups in total. The predicted octanol–water partition coefficient (Wildman–Crippen LogP) is 8.88. The lowest BCUT2D eigenvalue weighted by atomic mass is 9.32. The summed E-state index contributed by atoms with van der Waals surface area (Å²) in [5.74, 6) is 3.12. The van der Waals surface area contributed by atoms with Crippen molar-refractivity contribution in [2.45, 2.75) is 158 Å². The summed E-state index contributed by atoms with van der Waals surface area (Å²) in [6.45, 7) is 24.9. The van der Waals surface area contributed by atoms with Gasteiger partial charge < -0.3 is 19.3 Å². The highest BCUT2D eigenvalue weighted by atomic mass is 16.6. The molecule has 7 aliphatic rings. The molecule has 0 aromatic carbocycles. The number of carbonyl (C=O) groups is 3. The number of rotatable bonds is 3. The molecular formula is C42H68N2O5. The largest absolute Gasteiger partial charge is 0.462 e. The maximum atomic E-state index is 15.1. The van der Waals surface area contributed by atoms with E-state index in [1.807, 2.05) is 20.8 Å². The van der Waals surface area contributed by atoms with Crippen LogP contribution in [0.1, 0.15) is 146 Å². The van der Waals surface area contributed by atoms with Gasteiger partial charge in [0.15, 0.2) is 0 Å². The third-order valence-electron chi connectivity index (χ3n) is 17.3. The smallest absolute Gasteiger partial charge is 0.410 e. The molecule has 7 heteroatoms. The summed E-state index contributed by atoms with van der Waals surface area (Å²) in [6, 6.07) is 0. The molecule has 0 bridgehead atoms. The maximum Gasteiger partial charge on any atom is 0.410 e. The number of fused-ring (bicyclic) bond motifs is 7. The Morgan fingerprint density at radius 1 is 0.653 bits per heavy atom. The minimum atomic E-state index is -0.519. The molecule has 0 aromatic rings. The van der Waals surface area contributed by atoms with Crippen molar-refractivity contribution in [3.05, 3.63) is 0 Å². The standard InChI is InChI=1S/C42H68N2O5/c1-27(45)48-32-15-16-39(8)30(37(32,5)6)14-17-41(10)31(39)12-11-29-33-28(38(7)19-20-38)13-18-42(33,22-21-40(29,41)9)34(46)43-23-25-44(26-24-43)35(47)49-36(2,3)4/h28-33H,11-26H2,1-10H3/t28-,29-,30+,31-,32+,33-,39+,40-,41-,42+/m1/s1. The molecule has 1 aliphatic heterocycles. The van der Waals surface area contributed by atoms with Crippen LogP contribution in [0.25, 0.3) is 0 Å². The summed E-state index contributed by atoms with van der Waals surface area (Å²) < 4.78 is 11.7. The van der Waals surface area contributed by atoms with Crippen LogP contribution in [-0.2, 0) is 19.1 Å². The van der Waals surface area contributed by atoms with Crippen LogP contribution in [0.3, 0.4) is 0 Å². The number of carbonyl (C=O) groups excluding carboxylic acids is 3. The summed E-state index contributed by atoms with van der Waals surface area (Å²) in [5, 5.41) is 0. The number of esters is 1. The van der Waals surface area contributed by atoms with Gasteiger partial charge in [-0.1, -0.05) is 41.5 Å². The van der Waals surface area contributed by atoms with Gasteiger partial charge in [0.1, 0.15) is 11.7 Å². The molecule has 7 rings (SSSR count). The molecule has 2 amide bonds. The molecule has 1 saturated heterocycles. The van der Waals surface area contributed by atoms with Gasteiger partial charge in [-0.15, -0.1) is 0 Å². The first-order chi connectivity index (χ1) is 22.7. The lowest BCUT2D eigenvalue weighted by Crippen LogP contribution is -2.68. The summed E-state index contributed by atoms with van der Waals surface area (Å²) in [6.07, 6.45) is 13.8. The van der Waals surface area contributed by atoms with Crippen molar-refractivity contribution >= 4 is 18.0 Å². The molecule has 7 fully saturated rings. The third kappa shape index (κ3) is 5.25. The van der Waals surface area contributed by atoms with Gasteiger partial charge in [-0.05, 0) is 149 Å². The third-order valence-corrected chi connectivity index (χ3v) is 17.3. The number of amides is 2. The van der Waals surface area contributed by atoms with E-state index in [0.29, 0.717) is 67.1 Å². The molecule has 0 radical (unpaired) electrons. The quantitative estimate of drug-likeness (QED) is 0.279.